The number of benzene rings is 1. The molecular formula is C20H21ClF4N2O2. The lowest BCUT2D eigenvalue weighted by atomic mass is 9.95. The lowest BCUT2D eigenvalue weighted by Crippen LogP contribution is -2.66. The number of rotatable bonds is 6. The maximum atomic E-state index is 13.6. The van der Waals surface area contributed by atoms with Gasteiger partial charge in [-0.15, -0.1) is 0 Å². The molecule has 2 aliphatic rings. The second-order valence-corrected chi connectivity index (χ2v) is 8.02. The Morgan fingerprint density at radius 1 is 1.21 bits per heavy atom. The van der Waals surface area contributed by atoms with Crippen molar-refractivity contribution in [3.05, 3.63) is 46.7 Å². The lowest BCUT2D eigenvalue weighted by molar-refractivity contribution is -0.137. The predicted octanol–water partition coefficient (Wildman–Crippen LogP) is 4.52. The Morgan fingerprint density at radius 2 is 2.00 bits per heavy atom. The Hall–Kier alpha value is -1.61. The van der Waals surface area contributed by atoms with Gasteiger partial charge in [0.1, 0.15) is 17.7 Å². The lowest BCUT2D eigenvalue weighted by Gasteiger charge is -2.48. The van der Waals surface area contributed by atoms with Gasteiger partial charge in [-0.2, -0.15) is 13.2 Å². The van der Waals surface area contributed by atoms with E-state index < -0.39 is 17.9 Å². The molecule has 0 bridgehead atoms. The Labute approximate surface area is 170 Å². The van der Waals surface area contributed by atoms with Crippen molar-refractivity contribution >= 4 is 11.6 Å². The van der Waals surface area contributed by atoms with Crippen LogP contribution >= 0.6 is 11.6 Å². The number of hydrogen-bond donors (Lipinski definition) is 1. The maximum Gasteiger partial charge on any atom is 0.416 e. The van der Waals surface area contributed by atoms with Crippen LogP contribution in [0.2, 0.25) is 5.02 Å². The van der Waals surface area contributed by atoms with Crippen LogP contribution in [0.15, 0.2) is 34.7 Å². The van der Waals surface area contributed by atoms with Crippen molar-refractivity contribution in [2.45, 2.75) is 30.9 Å². The first-order chi connectivity index (χ1) is 13.8. The summed E-state index contributed by atoms with van der Waals surface area (Å²) in [5, 5.41) is 3.49. The minimum absolute atomic E-state index is 0.187. The van der Waals surface area contributed by atoms with E-state index in [-0.39, 0.29) is 21.9 Å². The summed E-state index contributed by atoms with van der Waals surface area (Å²) in [4.78, 5) is 2.13. The first-order valence-corrected chi connectivity index (χ1v) is 9.78. The van der Waals surface area contributed by atoms with Crippen molar-refractivity contribution in [1.29, 1.82) is 0 Å². The summed E-state index contributed by atoms with van der Waals surface area (Å²) in [5.41, 5.74) is -0.792. The highest BCUT2D eigenvalue weighted by Crippen LogP contribution is 2.36. The molecule has 1 N–H and O–H groups in total. The number of furan rings is 1. The quantitative estimate of drug-likeness (QED) is 0.681. The Morgan fingerprint density at radius 3 is 2.62 bits per heavy atom. The number of alkyl halides is 4. The SMILES string of the molecule is FC1CCN(C2(CNCc3ccc(-c4cc(C(F)(F)F)ccc4Cl)o3)COC2)C1. The molecule has 2 aliphatic heterocycles. The number of likely N-dealkylation sites (tertiary alicyclic amines) is 1. The van der Waals surface area contributed by atoms with Gasteiger partial charge in [0, 0.05) is 25.2 Å². The Kier molecular flexibility index (Phi) is 5.63. The third-order valence-electron chi connectivity index (χ3n) is 5.52. The highest BCUT2D eigenvalue weighted by Gasteiger charge is 2.46. The second-order valence-electron chi connectivity index (χ2n) is 7.61. The zero-order valence-electron chi connectivity index (χ0n) is 15.6. The number of halogens is 5. The average molecular weight is 433 g/mol. The van der Waals surface area contributed by atoms with E-state index >= 15 is 0 Å². The summed E-state index contributed by atoms with van der Waals surface area (Å²) in [6.45, 7) is 3.24. The molecule has 0 radical (unpaired) electrons. The Balaban J connectivity index is 1.40. The maximum absolute atomic E-state index is 13.6. The minimum atomic E-state index is -4.45. The van der Waals surface area contributed by atoms with Gasteiger partial charge in [-0.1, -0.05) is 11.6 Å². The van der Waals surface area contributed by atoms with E-state index in [1.54, 1.807) is 12.1 Å². The van der Waals surface area contributed by atoms with Gasteiger partial charge in [0.15, 0.2) is 0 Å². The topological polar surface area (TPSA) is 37.6 Å². The molecule has 2 saturated heterocycles. The summed E-state index contributed by atoms with van der Waals surface area (Å²) >= 11 is 6.07. The summed E-state index contributed by atoms with van der Waals surface area (Å²) in [5.74, 6) is 0.855. The molecule has 1 aromatic heterocycles. The van der Waals surface area contributed by atoms with Crippen LogP contribution in [0.5, 0.6) is 0 Å². The molecule has 2 fully saturated rings. The highest BCUT2D eigenvalue weighted by atomic mass is 35.5. The number of nitrogens with one attached hydrogen (secondary N) is 1. The van der Waals surface area contributed by atoms with Gasteiger partial charge in [0.2, 0.25) is 0 Å². The normalized spacial score (nSPS) is 22.0. The van der Waals surface area contributed by atoms with E-state index in [0.29, 0.717) is 51.6 Å². The molecule has 2 aromatic rings. The largest absolute Gasteiger partial charge is 0.460 e. The molecule has 0 spiro atoms. The summed E-state index contributed by atoms with van der Waals surface area (Å²) < 4.78 is 63.5. The van der Waals surface area contributed by atoms with Crippen molar-refractivity contribution in [2.75, 3.05) is 32.8 Å². The molecule has 0 amide bonds. The fourth-order valence-electron chi connectivity index (χ4n) is 3.81. The monoisotopic (exact) mass is 432 g/mol. The number of hydrogen-bond acceptors (Lipinski definition) is 4. The van der Waals surface area contributed by atoms with E-state index in [9.17, 15) is 17.6 Å². The van der Waals surface area contributed by atoms with Crippen LogP contribution in [0.4, 0.5) is 17.6 Å². The van der Waals surface area contributed by atoms with Crippen LogP contribution in [0.3, 0.4) is 0 Å². The van der Waals surface area contributed by atoms with Gasteiger partial charge >= 0.3 is 6.18 Å². The van der Waals surface area contributed by atoms with Crippen molar-refractivity contribution in [1.82, 2.24) is 10.2 Å². The van der Waals surface area contributed by atoms with Crippen molar-refractivity contribution in [3.8, 4) is 11.3 Å². The van der Waals surface area contributed by atoms with Gasteiger partial charge in [-0.05, 0) is 36.8 Å². The predicted molar refractivity (Wildman–Crippen MR) is 100 cm³/mol. The van der Waals surface area contributed by atoms with E-state index in [4.69, 9.17) is 20.8 Å². The average Bonchev–Trinajstić information content (AvgIpc) is 3.26. The van der Waals surface area contributed by atoms with Gasteiger partial charge < -0.3 is 14.5 Å². The van der Waals surface area contributed by atoms with E-state index in [2.05, 4.69) is 10.2 Å². The molecule has 29 heavy (non-hydrogen) atoms. The summed E-state index contributed by atoms with van der Waals surface area (Å²) in [6, 6.07) is 6.46. The van der Waals surface area contributed by atoms with Crippen LogP contribution in [-0.2, 0) is 17.5 Å². The molecule has 1 atom stereocenters. The van der Waals surface area contributed by atoms with Crippen LogP contribution in [0.1, 0.15) is 17.7 Å². The molecule has 0 aliphatic carbocycles. The van der Waals surface area contributed by atoms with Crippen molar-refractivity contribution < 1.29 is 26.7 Å². The zero-order valence-corrected chi connectivity index (χ0v) is 16.3. The van der Waals surface area contributed by atoms with E-state index in [1.807, 2.05) is 0 Å². The molecule has 3 heterocycles. The van der Waals surface area contributed by atoms with Crippen LogP contribution in [0, 0.1) is 0 Å². The smallest absolute Gasteiger partial charge is 0.416 e. The molecular weight excluding hydrogens is 412 g/mol. The van der Waals surface area contributed by atoms with Crippen molar-refractivity contribution in [3.63, 3.8) is 0 Å². The van der Waals surface area contributed by atoms with Crippen molar-refractivity contribution in [2.24, 2.45) is 0 Å². The summed E-state index contributed by atoms with van der Waals surface area (Å²) in [6.07, 6.45) is -4.71. The van der Waals surface area contributed by atoms with Gasteiger partial charge in [0.05, 0.1) is 35.9 Å². The van der Waals surface area contributed by atoms with Gasteiger partial charge in [0.25, 0.3) is 0 Å². The fraction of sp³-hybridized carbons (Fsp3) is 0.500. The fourth-order valence-corrected chi connectivity index (χ4v) is 4.02. The molecule has 4 nitrogen and oxygen atoms in total. The molecule has 9 heteroatoms. The zero-order chi connectivity index (χ0) is 20.6. The summed E-state index contributed by atoms with van der Waals surface area (Å²) in [7, 11) is 0. The highest BCUT2D eigenvalue weighted by molar-refractivity contribution is 6.33. The molecule has 1 unspecified atom stereocenters. The first-order valence-electron chi connectivity index (χ1n) is 9.40. The van der Waals surface area contributed by atoms with E-state index in [1.165, 1.54) is 6.07 Å². The first kappa shape index (κ1) is 20.7. The Bertz CT molecular complexity index is 866. The number of nitrogens with zero attached hydrogens (tertiary/aromatic N) is 1. The van der Waals surface area contributed by atoms with Gasteiger partial charge in [-0.25, -0.2) is 4.39 Å². The molecule has 158 valence electrons. The molecule has 0 saturated carbocycles. The van der Waals surface area contributed by atoms with Gasteiger partial charge in [-0.3, -0.25) is 4.90 Å². The van der Waals surface area contributed by atoms with Crippen LogP contribution in [0.25, 0.3) is 11.3 Å². The van der Waals surface area contributed by atoms with Crippen LogP contribution in [-0.4, -0.2) is 49.5 Å². The second kappa shape index (κ2) is 7.91. The van der Waals surface area contributed by atoms with E-state index in [0.717, 1.165) is 12.1 Å². The third-order valence-corrected chi connectivity index (χ3v) is 5.85. The molecule has 4 rings (SSSR count). The molecule has 1 aromatic carbocycles. The number of ether oxygens (including phenoxy) is 1. The van der Waals surface area contributed by atoms with Crippen LogP contribution < -0.4 is 5.32 Å². The third kappa shape index (κ3) is 4.30. The standard InChI is InChI=1S/C20H21ClF4N2O2/c21-17-3-1-13(20(23,24)25)7-16(17)18-4-2-15(29-18)8-26-10-19(11-28-12-19)27-6-5-14(22)9-27/h1-4,7,14,26H,5-6,8-12H2. The minimum Gasteiger partial charge on any atom is -0.460 e.